The van der Waals surface area contributed by atoms with Gasteiger partial charge in [-0.2, -0.15) is 0 Å². The second kappa shape index (κ2) is 8.71. The standard InChI is InChI=1S/C18H22ClNO/c1-2-9-18(19)21-15-14-20(16-10-5-3-6-11-16)17-12-7-4-8-13-17/h3-8,10-13,18H,2,9,14-15H2,1H3. The molecule has 0 aromatic heterocycles. The van der Waals surface area contributed by atoms with E-state index >= 15 is 0 Å². The first-order valence-corrected chi connectivity index (χ1v) is 7.88. The van der Waals surface area contributed by atoms with Gasteiger partial charge >= 0.3 is 0 Å². The fourth-order valence-electron chi connectivity index (χ4n) is 2.21. The maximum atomic E-state index is 6.12. The molecule has 0 saturated heterocycles. The average Bonchev–Trinajstić information content (AvgIpc) is 2.53. The largest absolute Gasteiger partial charge is 0.361 e. The van der Waals surface area contributed by atoms with E-state index in [1.54, 1.807) is 0 Å². The highest BCUT2D eigenvalue weighted by Crippen LogP contribution is 2.24. The van der Waals surface area contributed by atoms with Crippen molar-refractivity contribution in [1.82, 2.24) is 0 Å². The molecule has 112 valence electrons. The van der Waals surface area contributed by atoms with Crippen LogP contribution in [0.15, 0.2) is 60.7 Å². The van der Waals surface area contributed by atoms with Gasteiger partial charge in [0.15, 0.2) is 0 Å². The molecule has 2 nitrogen and oxygen atoms in total. The molecule has 0 radical (unpaired) electrons. The molecule has 0 heterocycles. The van der Waals surface area contributed by atoms with Gasteiger partial charge in [0, 0.05) is 17.9 Å². The Bertz CT molecular complexity index is 464. The van der Waals surface area contributed by atoms with E-state index in [0.29, 0.717) is 6.61 Å². The normalized spacial score (nSPS) is 12.1. The fraction of sp³-hybridized carbons (Fsp3) is 0.333. The quantitative estimate of drug-likeness (QED) is 0.621. The van der Waals surface area contributed by atoms with E-state index in [9.17, 15) is 0 Å². The highest BCUT2D eigenvalue weighted by molar-refractivity contribution is 6.19. The summed E-state index contributed by atoms with van der Waals surface area (Å²) in [5, 5.41) is 0. The number of benzene rings is 2. The molecule has 0 spiro atoms. The Morgan fingerprint density at radius 3 is 1.95 bits per heavy atom. The molecule has 0 N–H and O–H groups in total. The molecule has 0 amide bonds. The number of hydrogen-bond acceptors (Lipinski definition) is 2. The molecule has 2 aromatic carbocycles. The maximum absolute atomic E-state index is 6.12. The van der Waals surface area contributed by atoms with Crippen LogP contribution in [0, 0.1) is 0 Å². The van der Waals surface area contributed by atoms with E-state index in [0.717, 1.165) is 30.8 Å². The Balaban J connectivity index is 2.04. The Kier molecular flexibility index (Phi) is 6.58. The number of alkyl halides is 1. The molecular weight excluding hydrogens is 282 g/mol. The van der Waals surface area contributed by atoms with E-state index < -0.39 is 0 Å². The zero-order valence-corrected chi connectivity index (χ0v) is 13.2. The van der Waals surface area contributed by atoms with Crippen molar-refractivity contribution >= 4 is 23.0 Å². The minimum atomic E-state index is -0.191. The summed E-state index contributed by atoms with van der Waals surface area (Å²) < 4.78 is 5.68. The lowest BCUT2D eigenvalue weighted by molar-refractivity contribution is 0.108. The maximum Gasteiger partial charge on any atom is 0.131 e. The molecule has 0 aliphatic rings. The zero-order valence-electron chi connectivity index (χ0n) is 12.4. The summed E-state index contributed by atoms with van der Waals surface area (Å²) in [6.07, 6.45) is 1.92. The first kappa shape index (κ1) is 15.9. The molecule has 0 fully saturated rings. The monoisotopic (exact) mass is 303 g/mol. The second-order valence-corrected chi connectivity index (χ2v) is 5.38. The summed E-state index contributed by atoms with van der Waals surface area (Å²) in [5.41, 5.74) is 2.13. The predicted octanol–water partition coefficient (Wildman–Crippen LogP) is 5.21. The highest BCUT2D eigenvalue weighted by Gasteiger charge is 2.10. The average molecular weight is 304 g/mol. The Labute approximate surface area is 132 Å². The van der Waals surface area contributed by atoms with Gasteiger partial charge < -0.3 is 9.64 Å². The molecule has 21 heavy (non-hydrogen) atoms. The summed E-state index contributed by atoms with van der Waals surface area (Å²) in [7, 11) is 0. The molecule has 2 rings (SSSR count). The van der Waals surface area contributed by atoms with E-state index in [2.05, 4.69) is 36.1 Å². The molecule has 2 aromatic rings. The van der Waals surface area contributed by atoms with Crippen LogP contribution in [0.1, 0.15) is 19.8 Å². The van der Waals surface area contributed by atoms with Crippen molar-refractivity contribution in [2.24, 2.45) is 0 Å². The van der Waals surface area contributed by atoms with Gasteiger partial charge in [-0.25, -0.2) is 0 Å². The number of rotatable bonds is 8. The minimum absolute atomic E-state index is 0.191. The first-order valence-electron chi connectivity index (χ1n) is 7.44. The highest BCUT2D eigenvalue weighted by atomic mass is 35.5. The molecular formula is C18H22ClNO. The van der Waals surface area contributed by atoms with Crippen molar-refractivity contribution in [2.75, 3.05) is 18.1 Å². The third kappa shape index (κ3) is 5.07. The lowest BCUT2D eigenvalue weighted by atomic mass is 10.2. The lowest BCUT2D eigenvalue weighted by Gasteiger charge is -2.25. The van der Waals surface area contributed by atoms with Crippen molar-refractivity contribution in [3.05, 3.63) is 60.7 Å². The molecule has 0 aliphatic carbocycles. The topological polar surface area (TPSA) is 12.5 Å². The summed E-state index contributed by atoms with van der Waals surface area (Å²) in [5.74, 6) is 0. The Morgan fingerprint density at radius 1 is 0.952 bits per heavy atom. The van der Waals surface area contributed by atoms with Gasteiger partial charge in [0.1, 0.15) is 5.56 Å². The third-order valence-electron chi connectivity index (χ3n) is 3.26. The van der Waals surface area contributed by atoms with Gasteiger partial charge in [-0.05, 0) is 30.7 Å². The van der Waals surface area contributed by atoms with Crippen molar-refractivity contribution in [3.63, 3.8) is 0 Å². The Morgan fingerprint density at radius 2 is 1.48 bits per heavy atom. The summed E-state index contributed by atoms with van der Waals surface area (Å²) in [6, 6.07) is 20.7. The van der Waals surface area contributed by atoms with E-state index in [1.165, 1.54) is 0 Å². The van der Waals surface area contributed by atoms with Crippen LogP contribution in [-0.2, 0) is 4.74 Å². The molecule has 1 unspecified atom stereocenters. The van der Waals surface area contributed by atoms with Crippen LogP contribution in [0.3, 0.4) is 0 Å². The predicted molar refractivity (Wildman–Crippen MR) is 90.4 cm³/mol. The van der Waals surface area contributed by atoms with Crippen LogP contribution in [0.4, 0.5) is 11.4 Å². The van der Waals surface area contributed by atoms with Crippen LogP contribution in [0.2, 0.25) is 0 Å². The number of hydrogen-bond donors (Lipinski definition) is 0. The molecule has 0 saturated carbocycles. The summed E-state index contributed by atoms with van der Waals surface area (Å²) in [4.78, 5) is 2.25. The van der Waals surface area contributed by atoms with Crippen LogP contribution in [-0.4, -0.2) is 18.7 Å². The van der Waals surface area contributed by atoms with Gasteiger partial charge in [0.05, 0.1) is 6.61 Å². The smallest absolute Gasteiger partial charge is 0.131 e. The number of para-hydroxylation sites is 2. The van der Waals surface area contributed by atoms with Crippen LogP contribution in [0.5, 0.6) is 0 Å². The van der Waals surface area contributed by atoms with E-state index in [1.807, 2.05) is 36.4 Å². The molecule has 0 aliphatic heterocycles. The van der Waals surface area contributed by atoms with Crippen LogP contribution >= 0.6 is 11.6 Å². The fourth-order valence-corrected chi connectivity index (χ4v) is 2.51. The van der Waals surface area contributed by atoms with E-state index in [4.69, 9.17) is 16.3 Å². The minimum Gasteiger partial charge on any atom is -0.361 e. The van der Waals surface area contributed by atoms with E-state index in [-0.39, 0.29) is 5.56 Å². The SMILES string of the molecule is CCCC(Cl)OCCN(c1ccccc1)c1ccccc1. The number of anilines is 2. The Hall–Kier alpha value is -1.51. The van der Waals surface area contributed by atoms with Gasteiger partial charge in [0.2, 0.25) is 0 Å². The van der Waals surface area contributed by atoms with Gasteiger partial charge in [0.25, 0.3) is 0 Å². The second-order valence-electron chi connectivity index (χ2n) is 4.89. The van der Waals surface area contributed by atoms with Crippen LogP contribution < -0.4 is 4.90 Å². The summed E-state index contributed by atoms with van der Waals surface area (Å²) in [6.45, 7) is 3.50. The first-order chi connectivity index (χ1) is 10.3. The number of halogens is 1. The molecule has 1 atom stereocenters. The number of nitrogens with zero attached hydrogens (tertiary/aromatic N) is 1. The van der Waals surface area contributed by atoms with Gasteiger partial charge in [-0.15, -0.1) is 0 Å². The van der Waals surface area contributed by atoms with Crippen LogP contribution in [0.25, 0.3) is 0 Å². The molecule has 3 heteroatoms. The number of ether oxygens (including phenoxy) is 1. The van der Waals surface area contributed by atoms with Crippen molar-refractivity contribution < 1.29 is 4.74 Å². The van der Waals surface area contributed by atoms with Crippen molar-refractivity contribution in [2.45, 2.75) is 25.3 Å². The zero-order chi connectivity index (χ0) is 14.9. The summed E-state index contributed by atoms with van der Waals surface area (Å²) >= 11 is 6.12. The van der Waals surface area contributed by atoms with Gasteiger partial charge in [-0.3, -0.25) is 0 Å². The van der Waals surface area contributed by atoms with Gasteiger partial charge in [-0.1, -0.05) is 61.3 Å². The van der Waals surface area contributed by atoms with Crippen molar-refractivity contribution in [3.8, 4) is 0 Å². The van der Waals surface area contributed by atoms with Crippen molar-refractivity contribution in [1.29, 1.82) is 0 Å². The lowest BCUT2D eigenvalue weighted by Crippen LogP contribution is -2.23. The third-order valence-corrected chi connectivity index (χ3v) is 3.61. The molecule has 0 bridgehead atoms.